The molecule has 0 aromatic heterocycles. The van der Waals surface area contributed by atoms with E-state index < -0.39 is 41.7 Å². The van der Waals surface area contributed by atoms with Crippen LogP contribution in [0.2, 0.25) is 0 Å². The molecule has 3 atom stereocenters. The van der Waals surface area contributed by atoms with Gasteiger partial charge in [0.25, 0.3) is 0 Å². The maximum Gasteiger partial charge on any atom is 0.243 e. The van der Waals surface area contributed by atoms with E-state index in [9.17, 15) is 18.8 Å². The first-order valence-corrected chi connectivity index (χ1v) is 12.8. The summed E-state index contributed by atoms with van der Waals surface area (Å²) in [5.41, 5.74) is 25.1. The number of carbonyl (C=O) groups is 3. The van der Waals surface area contributed by atoms with Gasteiger partial charge in [0.15, 0.2) is 5.96 Å². The SMILES string of the molecule is COc1ccc(C[C@H](NC(=O)[C@@H](N)Cc2ccc(N=C(N)N)cc2)C(=O)N[C@@H](Cc2ccc(F)cc2)C(N)=O)cc1. The molecule has 216 valence electrons. The maximum absolute atomic E-state index is 13.4. The molecule has 12 heteroatoms. The molecular formula is C29H34FN7O4. The Morgan fingerprint density at radius 2 is 1.24 bits per heavy atom. The van der Waals surface area contributed by atoms with E-state index in [1.54, 1.807) is 48.5 Å². The molecule has 41 heavy (non-hydrogen) atoms. The molecule has 0 spiro atoms. The van der Waals surface area contributed by atoms with Gasteiger partial charge in [-0.1, -0.05) is 36.4 Å². The predicted octanol–water partition coefficient (Wildman–Crippen LogP) is 0.549. The van der Waals surface area contributed by atoms with Crippen LogP contribution in [0.3, 0.4) is 0 Å². The molecule has 3 rings (SSSR count). The van der Waals surface area contributed by atoms with E-state index in [1.807, 2.05) is 0 Å². The van der Waals surface area contributed by atoms with Gasteiger partial charge in [-0.15, -0.1) is 0 Å². The van der Waals surface area contributed by atoms with Crippen LogP contribution in [0.15, 0.2) is 77.8 Å². The van der Waals surface area contributed by atoms with Crippen LogP contribution >= 0.6 is 0 Å². The summed E-state index contributed by atoms with van der Waals surface area (Å²) >= 11 is 0. The topological polar surface area (TPSA) is 201 Å². The summed E-state index contributed by atoms with van der Waals surface area (Å²) in [7, 11) is 1.53. The molecule has 0 saturated carbocycles. The lowest BCUT2D eigenvalue weighted by atomic mass is 10.0. The van der Waals surface area contributed by atoms with Crippen LogP contribution in [-0.4, -0.2) is 48.9 Å². The molecule has 3 aromatic carbocycles. The molecular weight excluding hydrogens is 529 g/mol. The maximum atomic E-state index is 13.4. The number of rotatable bonds is 13. The summed E-state index contributed by atoms with van der Waals surface area (Å²) in [4.78, 5) is 42.6. The molecule has 0 bridgehead atoms. The van der Waals surface area contributed by atoms with E-state index in [0.717, 1.165) is 11.1 Å². The number of amides is 3. The van der Waals surface area contributed by atoms with Crippen LogP contribution in [0.1, 0.15) is 16.7 Å². The monoisotopic (exact) mass is 563 g/mol. The molecule has 3 aromatic rings. The Kier molecular flexibility index (Phi) is 10.8. The van der Waals surface area contributed by atoms with Crippen molar-refractivity contribution in [3.05, 3.63) is 95.3 Å². The number of guanidine groups is 1. The number of nitrogens with one attached hydrogen (secondary N) is 2. The standard InChI is InChI=1S/C29H34FN7O4/c1-41-22-12-6-19(7-13-22)16-25(28(40)36-24(26(32)38)15-18-2-8-20(30)9-3-18)37-27(39)23(31)14-17-4-10-21(11-5-17)35-29(33)34/h2-13,23-25H,14-16,31H2,1H3,(H2,32,38)(H,36,40)(H,37,39)(H4,33,34,35)/t23-,24-,25-/m0/s1. The van der Waals surface area contributed by atoms with Gasteiger partial charge >= 0.3 is 0 Å². The van der Waals surface area contributed by atoms with E-state index in [-0.39, 0.29) is 25.2 Å². The normalized spacial score (nSPS) is 12.9. The van der Waals surface area contributed by atoms with Gasteiger partial charge in [-0.25, -0.2) is 9.38 Å². The smallest absolute Gasteiger partial charge is 0.243 e. The molecule has 0 heterocycles. The number of aliphatic imine (C=N–C) groups is 1. The van der Waals surface area contributed by atoms with Crippen LogP contribution in [0.4, 0.5) is 10.1 Å². The number of ether oxygens (including phenoxy) is 1. The number of hydrogen-bond acceptors (Lipinski definition) is 6. The molecule has 11 nitrogen and oxygen atoms in total. The number of methoxy groups -OCH3 is 1. The first-order valence-electron chi connectivity index (χ1n) is 12.8. The van der Waals surface area contributed by atoms with Crippen molar-refractivity contribution < 1.29 is 23.5 Å². The van der Waals surface area contributed by atoms with Crippen molar-refractivity contribution in [3.63, 3.8) is 0 Å². The number of nitrogens with two attached hydrogens (primary N) is 4. The van der Waals surface area contributed by atoms with Crippen LogP contribution in [0, 0.1) is 5.82 Å². The first-order chi connectivity index (χ1) is 19.5. The number of nitrogens with zero attached hydrogens (tertiary/aromatic N) is 1. The Morgan fingerprint density at radius 1 is 0.756 bits per heavy atom. The quantitative estimate of drug-likeness (QED) is 0.129. The van der Waals surface area contributed by atoms with Gasteiger partial charge in [0.05, 0.1) is 18.8 Å². The van der Waals surface area contributed by atoms with Crippen molar-refractivity contribution >= 4 is 29.4 Å². The third-order valence-electron chi connectivity index (χ3n) is 6.23. The molecule has 0 radical (unpaired) electrons. The fourth-order valence-corrected chi connectivity index (χ4v) is 4.04. The van der Waals surface area contributed by atoms with Gasteiger partial charge in [0.1, 0.15) is 23.7 Å². The summed E-state index contributed by atoms with van der Waals surface area (Å²) in [6.45, 7) is 0. The van der Waals surface area contributed by atoms with E-state index in [2.05, 4.69) is 15.6 Å². The first kappa shape index (κ1) is 30.6. The van der Waals surface area contributed by atoms with Gasteiger partial charge in [-0.3, -0.25) is 14.4 Å². The van der Waals surface area contributed by atoms with Gasteiger partial charge in [0.2, 0.25) is 17.7 Å². The number of hydrogen-bond donors (Lipinski definition) is 6. The third-order valence-corrected chi connectivity index (χ3v) is 6.23. The highest BCUT2D eigenvalue weighted by molar-refractivity contribution is 5.93. The Labute approximate surface area is 237 Å². The lowest BCUT2D eigenvalue weighted by Crippen LogP contribution is -2.56. The molecule has 0 saturated heterocycles. The van der Waals surface area contributed by atoms with Gasteiger partial charge in [-0.2, -0.15) is 0 Å². The van der Waals surface area contributed by atoms with Crippen LogP contribution in [0.25, 0.3) is 0 Å². The van der Waals surface area contributed by atoms with E-state index in [1.165, 1.54) is 31.4 Å². The summed E-state index contributed by atoms with van der Waals surface area (Å²) in [6.07, 6.45) is 0.322. The molecule has 10 N–H and O–H groups in total. The van der Waals surface area contributed by atoms with Gasteiger partial charge in [-0.05, 0) is 59.5 Å². The van der Waals surface area contributed by atoms with Crippen molar-refractivity contribution in [1.29, 1.82) is 0 Å². The van der Waals surface area contributed by atoms with Crippen molar-refractivity contribution in [2.24, 2.45) is 27.9 Å². The Hall–Kier alpha value is -4.97. The summed E-state index contributed by atoms with van der Waals surface area (Å²) in [6, 6.07) is 16.1. The van der Waals surface area contributed by atoms with Crippen LogP contribution in [-0.2, 0) is 33.6 Å². The number of carbonyl (C=O) groups excluding carboxylic acids is 3. The molecule has 0 fully saturated rings. The zero-order chi connectivity index (χ0) is 29.9. The van der Waals surface area contributed by atoms with Gasteiger partial charge in [0, 0.05) is 12.8 Å². The highest BCUT2D eigenvalue weighted by Gasteiger charge is 2.28. The molecule has 0 aliphatic rings. The second kappa shape index (κ2) is 14.4. The third kappa shape index (κ3) is 9.62. The minimum atomic E-state index is -1.10. The lowest BCUT2D eigenvalue weighted by molar-refractivity contribution is -0.131. The number of halogens is 1. The molecule has 0 unspecified atom stereocenters. The minimum absolute atomic E-state index is 0.0416. The number of benzene rings is 3. The van der Waals surface area contributed by atoms with Gasteiger partial charge < -0.3 is 38.3 Å². The number of primary amides is 1. The molecule has 0 aliphatic heterocycles. The highest BCUT2D eigenvalue weighted by Crippen LogP contribution is 2.15. The van der Waals surface area contributed by atoms with Crippen LogP contribution in [0.5, 0.6) is 5.75 Å². The molecule has 3 amide bonds. The Balaban J connectivity index is 1.74. The van der Waals surface area contributed by atoms with E-state index in [0.29, 0.717) is 17.0 Å². The zero-order valence-electron chi connectivity index (χ0n) is 22.5. The predicted molar refractivity (Wildman–Crippen MR) is 153 cm³/mol. The summed E-state index contributed by atoms with van der Waals surface area (Å²) in [5, 5.41) is 5.32. The lowest BCUT2D eigenvalue weighted by Gasteiger charge is -2.24. The fraction of sp³-hybridized carbons (Fsp3) is 0.241. The van der Waals surface area contributed by atoms with Crippen molar-refractivity contribution in [2.45, 2.75) is 37.4 Å². The van der Waals surface area contributed by atoms with Crippen LogP contribution < -0.4 is 38.3 Å². The van der Waals surface area contributed by atoms with Crippen molar-refractivity contribution in [2.75, 3.05) is 7.11 Å². The summed E-state index contributed by atoms with van der Waals surface area (Å²) < 4.78 is 18.5. The largest absolute Gasteiger partial charge is 0.497 e. The van der Waals surface area contributed by atoms with Crippen molar-refractivity contribution in [3.8, 4) is 5.75 Å². The fourth-order valence-electron chi connectivity index (χ4n) is 4.04. The average Bonchev–Trinajstić information content (AvgIpc) is 2.94. The second-order valence-corrected chi connectivity index (χ2v) is 9.42. The molecule has 0 aliphatic carbocycles. The van der Waals surface area contributed by atoms with Crippen molar-refractivity contribution in [1.82, 2.24) is 10.6 Å². The van der Waals surface area contributed by atoms with E-state index >= 15 is 0 Å². The van der Waals surface area contributed by atoms with E-state index in [4.69, 9.17) is 27.7 Å². The zero-order valence-corrected chi connectivity index (χ0v) is 22.5. The second-order valence-electron chi connectivity index (χ2n) is 9.42. The Morgan fingerprint density at radius 3 is 1.78 bits per heavy atom. The summed E-state index contributed by atoms with van der Waals surface area (Å²) in [5.74, 6) is -1.87. The highest BCUT2D eigenvalue weighted by atomic mass is 19.1. The average molecular weight is 564 g/mol. The minimum Gasteiger partial charge on any atom is -0.497 e. The Bertz CT molecular complexity index is 1360.